The summed E-state index contributed by atoms with van der Waals surface area (Å²) in [6.45, 7) is 2.26. The van der Waals surface area contributed by atoms with Gasteiger partial charge in [0.1, 0.15) is 18.1 Å². The number of fused-ring (bicyclic) bond motifs is 1. The molecule has 0 aliphatic heterocycles. The highest BCUT2D eigenvalue weighted by Gasteiger charge is 2.15. The number of ether oxygens (including phenoxy) is 2. The Morgan fingerprint density at radius 1 is 1.18 bits per heavy atom. The van der Waals surface area contributed by atoms with Gasteiger partial charge in [-0.05, 0) is 37.3 Å². The molecule has 0 unspecified atom stereocenters. The molecular weight excluding hydrogens is 394 g/mol. The first-order chi connectivity index (χ1) is 13.6. The summed E-state index contributed by atoms with van der Waals surface area (Å²) in [5.41, 5.74) is 2.11. The topological polar surface area (TPSA) is 73.3 Å². The molecule has 1 amide bonds. The van der Waals surface area contributed by atoms with Crippen molar-refractivity contribution in [3.8, 4) is 11.5 Å². The minimum atomic E-state index is -0.268. The predicted octanol–water partition coefficient (Wildman–Crippen LogP) is 4.90. The number of hydrogen-bond acceptors (Lipinski definition) is 7. The number of aryl methyl sites for hydroxylation is 1. The van der Waals surface area contributed by atoms with Gasteiger partial charge in [0, 0.05) is 5.38 Å². The Balaban J connectivity index is 1.51. The number of rotatable bonds is 6. The van der Waals surface area contributed by atoms with E-state index in [4.69, 9.17) is 9.47 Å². The zero-order valence-corrected chi connectivity index (χ0v) is 16.9. The van der Waals surface area contributed by atoms with Crippen LogP contribution in [0.4, 0.5) is 5.13 Å². The molecule has 0 fully saturated rings. The van der Waals surface area contributed by atoms with Crippen molar-refractivity contribution in [3.63, 3.8) is 0 Å². The zero-order valence-electron chi connectivity index (χ0n) is 15.3. The number of nitrogens with zero attached hydrogens (tertiary/aromatic N) is 2. The van der Waals surface area contributed by atoms with E-state index >= 15 is 0 Å². The lowest BCUT2D eigenvalue weighted by Crippen LogP contribution is -2.13. The number of methoxy groups -OCH3 is 1. The molecule has 2 aromatic carbocycles. The number of amides is 1. The molecule has 4 rings (SSSR count). The van der Waals surface area contributed by atoms with Crippen molar-refractivity contribution in [1.82, 2.24) is 9.97 Å². The van der Waals surface area contributed by atoms with Gasteiger partial charge in [-0.2, -0.15) is 0 Å². The molecule has 6 nitrogen and oxygen atoms in total. The lowest BCUT2D eigenvalue weighted by molar-refractivity contribution is 0.102. The maximum Gasteiger partial charge on any atom is 0.261 e. The van der Waals surface area contributed by atoms with Crippen molar-refractivity contribution >= 4 is 43.9 Å². The second-order valence-corrected chi connectivity index (χ2v) is 8.04. The molecule has 1 N–H and O–H groups in total. The van der Waals surface area contributed by atoms with Crippen molar-refractivity contribution < 1.29 is 14.3 Å². The van der Waals surface area contributed by atoms with Gasteiger partial charge in [-0.1, -0.05) is 23.5 Å². The van der Waals surface area contributed by atoms with E-state index in [1.165, 1.54) is 11.3 Å². The first kappa shape index (κ1) is 18.4. The summed E-state index contributed by atoms with van der Waals surface area (Å²) in [5.74, 6) is 0.995. The molecule has 0 saturated carbocycles. The molecule has 0 bridgehead atoms. The molecular formula is C20H17N3O3S2. The van der Waals surface area contributed by atoms with Crippen molar-refractivity contribution in [2.45, 2.75) is 13.5 Å². The molecule has 2 aromatic heterocycles. The van der Waals surface area contributed by atoms with E-state index in [-0.39, 0.29) is 5.91 Å². The van der Waals surface area contributed by atoms with Gasteiger partial charge in [0.15, 0.2) is 5.13 Å². The van der Waals surface area contributed by atoms with Crippen LogP contribution in [0, 0.1) is 6.92 Å². The molecule has 8 heteroatoms. The van der Waals surface area contributed by atoms with Crippen LogP contribution in [-0.2, 0) is 6.61 Å². The zero-order chi connectivity index (χ0) is 19.5. The average Bonchev–Trinajstić information content (AvgIpc) is 3.31. The molecule has 0 saturated heterocycles. The Bertz CT molecular complexity index is 1140. The van der Waals surface area contributed by atoms with E-state index in [9.17, 15) is 4.79 Å². The summed E-state index contributed by atoms with van der Waals surface area (Å²) < 4.78 is 12.0. The normalized spacial score (nSPS) is 10.8. The molecule has 2 heterocycles. The molecule has 0 aliphatic carbocycles. The molecule has 0 spiro atoms. The minimum absolute atomic E-state index is 0.268. The summed E-state index contributed by atoms with van der Waals surface area (Å²) in [5, 5.41) is 6.32. The second-order valence-electron chi connectivity index (χ2n) is 5.95. The quantitative estimate of drug-likeness (QED) is 0.488. The molecule has 0 radical (unpaired) electrons. The van der Waals surface area contributed by atoms with E-state index in [0.29, 0.717) is 23.1 Å². The summed E-state index contributed by atoms with van der Waals surface area (Å²) >= 11 is 2.97. The van der Waals surface area contributed by atoms with Crippen LogP contribution < -0.4 is 14.8 Å². The van der Waals surface area contributed by atoms with Gasteiger partial charge in [-0.3, -0.25) is 10.1 Å². The highest BCUT2D eigenvalue weighted by molar-refractivity contribution is 7.22. The minimum Gasteiger partial charge on any atom is -0.497 e. The van der Waals surface area contributed by atoms with Crippen LogP contribution >= 0.6 is 22.7 Å². The fourth-order valence-electron chi connectivity index (χ4n) is 2.66. The average molecular weight is 412 g/mol. The Morgan fingerprint density at radius 2 is 2.04 bits per heavy atom. The molecule has 142 valence electrons. The fraction of sp³-hybridized carbons (Fsp3) is 0.150. The van der Waals surface area contributed by atoms with Gasteiger partial charge in [0.25, 0.3) is 5.91 Å². The number of carbonyl (C=O) groups excluding carboxylic acids is 1. The van der Waals surface area contributed by atoms with Gasteiger partial charge in [-0.25, -0.2) is 9.97 Å². The number of para-hydroxylation sites is 1. The van der Waals surface area contributed by atoms with Gasteiger partial charge < -0.3 is 9.47 Å². The van der Waals surface area contributed by atoms with E-state index in [1.807, 2.05) is 36.6 Å². The van der Waals surface area contributed by atoms with Crippen molar-refractivity contribution in [2.24, 2.45) is 0 Å². The van der Waals surface area contributed by atoms with Crippen LogP contribution in [0.3, 0.4) is 0 Å². The SMILES string of the molecule is COc1ccc2nc(NC(=O)c3ccccc3OCc3csc(C)n3)sc2c1. The van der Waals surface area contributed by atoms with Gasteiger partial charge in [-0.15, -0.1) is 11.3 Å². The van der Waals surface area contributed by atoms with E-state index in [1.54, 1.807) is 36.6 Å². The van der Waals surface area contributed by atoms with Gasteiger partial charge >= 0.3 is 0 Å². The third-order valence-electron chi connectivity index (χ3n) is 3.99. The Labute approximate surface area is 169 Å². The van der Waals surface area contributed by atoms with Crippen molar-refractivity contribution in [2.75, 3.05) is 12.4 Å². The second kappa shape index (κ2) is 7.95. The van der Waals surface area contributed by atoms with Gasteiger partial charge in [0.2, 0.25) is 0 Å². The number of aromatic nitrogens is 2. The largest absolute Gasteiger partial charge is 0.497 e. The summed E-state index contributed by atoms with van der Waals surface area (Å²) in [6.07, 6.45) is 0. The molecule has 0 aliphatic rings. The van der Waals surface area contributed by atoms with Crippen LogP contribution in [0.1, 0.15) is 21.1 Å². The number of nitrogens with one attached hydrogen (secondary N) is 1. The number of hydrogen-bond donors (Lipinski definition) is 1. The molecule has 4 aromatic rings. The number of anilines is 1. The van der Waals surface area contributed by atoms with Crippen molar-refractivity contribution in [1.29, 1.82) is 0 Å². The third-order valence-corrected chi connectivity index (χ3v) is 5.75. The van der Waals surface area contributed by atoms with Crippen LogP contribution in [0.15, 0.2) is 47.8 Å². The monoisotopic (exact) mass is 411 g/mol. The highest BCUT2D eigenvalue weighted by atomic mass is 32.1. The summed E-state index contributed by atoms with van der Waals surface area (Å²) in [6, 6.07) is 12.8. The molecule has 28 heavy (non-hydrogen) atoms. The predicted molar refractivity (Wildman–Crippen MR) is 112 cm³/mol. The van der Waals surface area contributed by atoms with E-state index in [2.05, 4.69) is 15.3 Å². The smallest absolute Gasteiger partial charge is 0.261 e. The highest BCUT2D eigenvalue weighted by Crippen LogP contribution is 2.30. The Kier molecular flexibility index (Phi) is 5.23. The maximum atomic E-state index is 12.8. The third kappa shape index (κ3) is 3.97. The lowest BCUT2D eigenvalue weighted by atomic mass is 10.2. The number of thiazole rings is 2. The first-order valence-corrected chi connectivity index (χ1v) is 10.2. The fourth-order valence-corrected chi connectivity index (χ4v) is 4.14. The van der Waals surface area contributed by atoms with Crippen LogP contribution in [0.5, 0.6) is 11.5 Å². The van der Waals surface area contributed by atoms with E-state index < -0.39 is 0 Å². The Morgan fingerprint density at radius 3 is 2.82 bits per heavy atom. The summed E-state index contributed by atoms with van der Waals surface area (Å²) in [4.78, 5) is 21.6. The van der Waals surface area contributed by atoms with Crippen LogP contribution in [0.25, 0.3) is 10.2 Å². The van der Waals surface area contributed by atoms with Crippen LogP contribution in [-0.4, -0.2) is 23.0 Å². The first-order valence-electron chi connectivity index (χ1n) is 8.51. The lowest BCUT2D eigenvalue weighted by Gasteiger charge is -2.10. The maximum absolute atomic E-state index is 12.8. The standard InChI is InChI=1S/C20H17N3O3S2/c1-12-21-13(11-27-12)10-26-17-6-4-3-5-15(17)19(24)23-20-22-16-8-7-14(25-2)9-18(16)28-20/h3-9,11H,10H2,1-2H3,(H,22,23,24). The van der Waals surface area contributed by atoms with Gasteiger partial charge in [0.05, 0.1) is 33.6 Å². The molecule has 0 atom stereocenters. The number of carbonyl (C=O) groups is 1. The van der Waals surface area contributed by atoms with Crippen LogP contribution in [0.2, 0.25) is 0 Å². The van der Waals surface area contributed by atoms with E-state index in [0.717, 1.165) is 26.7 Å². The van der Waals surface area contributed by atoms with Crippen molar-refractivity contribution in [3.05, 3.63) is 64.1 Å². The summed E-state index contributed by atoms with van der Waals surface area (Å²) in [7, 11) is 1.62. The Hall–Kier alpha value is -2.97. The number of benzene rings is 2.